The molecule has 2 aromatic rings. The fraction of sp³-hybridized carbons (Fsp3) is 0.150. The molecular formula is C20H17N3O5. The van der Waals surface area contributed by atoms with Crippen LogP contribution in [0.25, 0.3) is 6.08 Å². The van der Waals surface area contributed by atoms with Crippen molar-refractivity contribution in [3.8, 4) is 0 Å². The molecule has 0 unspecified atom stereocenters. The smallest absolute Gasteiger partial charge is 0.331 e. The first-order valence-electron chi connectivity index (χ1n) is 8.55. The summed E-state index contributed by atoms with van der Waals surface area (Å²) in [6.45, 7) is 0.00775. The van der Waals surface area contributed by atoms with Crippen molar-refractivity contribution in [3.05, 3.63) is 81.9 Å². The molecule has 0 fully saturated rings. The van der Waals surface area contributed by atoms with Crippen LogP contribution in [0.3, 0.4) is 0 Å². The summed E-state index contributed by atoms with van der Waals surface area (Å²) in [4.78, 5) is 34.2. The number of hydrogen-bond acceptors (Lipinski definition) is 6. The lowest BCUT2D eigenvalue weighted by molar-refractivity contribution is -0.384. The highest BCUT2D eigenvalue weighted by Crippen LogP contribution is 2.15. The third-order valence-corrected chi connectivity index (χ3v) is 4.03. The number of hydrogen-bond donors (Lipinski definition) is 0. The molecule has 1 heterocycles. The standard InChI is InChI=1S/C20H17N3O5/c24-19(22-12-11-18(21-22)16-6-2-1-3-7-16)14-28-20(25)10-9-15-5-4-8-17(13-15)23(26)27/h1-10,13H,11-12,14H2/b10-9+. The van der Waals surface area contributed by atoms with Crippen LogP contribution in [-0.4, -0.2) is 40.7 Å². The van der Waals surface area contributed by atoms with Crippen molar-refractivity contribution in [2.24, 2.45) is 5.10 Å². The van der Waals surface area contributed by atoms with Crippen LogP contribution >= 0.6 is 0 Å². The van der Waals surface area contributed by atoms with Crippen molar-refractivity contribution in [2.45, 2.75) is 6.42 Å². The molecular weight excluding hydrogens is 362 g/mol. The molecule has 0 saturated heterocycles. The van der Waals surface area contributed by atoms with Gasteiger partial charge >= 0.3 is 5.97 Å². The second-order valence-electron chi connectivity index (χ2n) is 5.97. The zero-order chi connectivity index (χ0) is 19.9. The zero-order valence-corrected chi connectivity index (χ0v) is 14.9. The molecule has 0 radical (unpaired) electrons. The minimum absolute atomic E-state index is 0.0770. The number of carbonyl (C=O) groups is 2. The Balaban J connectivity index is 1.52. The van der Waals surface area contributed by atoms with Crippen LogP contribution in [0.2, 0.25) is 0 Å². The highest BCUT2D eigenvalue weighted by Gasteiger charge is 2.22. The van der Waals surface area contributed by atoms with Gasteiger partial charge in [-0.15, -0.1) is 0 Å². The molecule has 0 atom stereocenters. The maximum absolute atomic E-state index is 12.2. The monoisotopic (exact) mass is 379 g/mol. The predicted molar refractivity (Wildman–Crippen MR) is 102 cm³/mol. The van der Waals surface area contributed by atoms with Crippen molar-refractivity contribution in [1.82, 2.24) is 5.01 Å². The first kappa shape index (κ1) is 19.0. The number of nitro groups is 1. The van der Waals surface area contributed by atoms with Gasteiger partial charge in [0.05, 0.1) is 17.2 Å². The highest BCUT2D eigenvalue weighted by atomic mass is 16.6. The fourth-order valence-corrected chi connectivity index (χ4v) is 2.63. The van der Waals surface area contributed by atoms with Gasteiger partial charge in [0, 0.05) is 24.6 Å². The van der Waals surface area contributed by atoms with E-state index in [-0.39, 0.29) is 5.69 Å². The van der Waals surface area contributed by atoms with Gasteiger partial charge in [0.2, 0.25) is 0 Å². The summed E-state index contributed by atoms with van der Waals surface area (Å²) in [6.07, 6.45) is 3.15. The lowest BCUT2D eigenvalue weighted by Gasteiger charge is -2.10. The molecule has 0 spiro atoms. The number of non-ortho nitro benzene ring substituents is 1. The molecule has 1 amide bonds. The quantitative estimate of drug-likeness (QED) is 0.332. The molecule has 2 aromatic carbocycles. The molecule has 8 nitrogen and oxygen atoms in total. The lowest BCUT2D eigenvalue weighted by atomic mass is 10.1. The first-order valence-corrected chi connectivity index (χ1v) is 8.55. The Kier molecular flexibility index (Phi) is 5.91. The SMILES string of the molecule is O=C(/C=C/c1cccc([N+](=O)[O-])c1)OCC(=O)N1CCC(c2ccccc2)=N1. The molecule has 0 bridgehead atoms. The number of amides is 1. The Labute approximate surface area is 160 Å². The number of esters is 1. The van der Waals surface area contributed by atoms with Crippen LogP contribution in [0.4, 0.5) is 5.69 Å². The number of rotatable bonds is 6. The van der Waals surface area contributed by atoms with Gasteiger partial charge in [-0.3, -0.25) is 14.9 Å². The minimum Gasteiger partial charge on any atom is -0.452 e. The topological polar surface area (TPSA) is 102 Å². The summed E-state index contributed by atoms with van der Waals surface area (Å²) in [6, 6.07) is 15.4. The third-order valence-electron chi connectivity index (χ3n) is 4.03. The van der Waals surface area contributed by atoms with Gasteiger partial charge in [0.15, 0.2) is 6.61 Å². The lowest BCUT2D eigenvalue weighted by Crippen LogP contribution is -2.28. The van der Waals surface area contributed by atoms with E-state index >= 15 is 0 Å². The van der Waals surface area contributed by atoms with Gasteiger partial charge in [-0.1, -0.05) is 42.5 Å². The van der Waals surface area contributed by atoms with E-state index in [0.717, 1.165) is 17.4 Å². The van der Waals surface area contributed by atoms with E-state index in [2.05, 4.69) is 5.10 Å². The average molecular weight is 379 g/mol. The van der Waals surface area contributed by atoms with Gasteiger partial charge in [0.1, 0.15) is 0 Å². The molecule has 142 valence electrons. The van der Waals surface area contributed by atoms with Gasteiger partial charge in [-0.05, 0) is 17.2 Å². The van der Waals surface area contributed by atoms with Crippen molar-refractivity contribution >= 4 is 29.4 Å². The molecule has 3 rings (SSSR count). The number of nitro benzene ring substituents is 1. The summed E-state index contributed by atoms with van der Waals surface area (Å²) < 4.78 is 4.94. The predicted octanol–water partition coefficient (Wildman–Crippen LogP) is 2.79. The van der Waals surface area contributed by atoms with Crippen molar-refractivity contribution in [1.29, 1.82) is 0 Å². The van der Waals surface area contributed by atoms with Crippen LogP contribution < -0.4 is 0 Å². The maximum atomic E-state index is 12.2. The van der Waals surface area contributed by atoms with Gasteiger partial charge in [-0.2, -0.15) is 5.10 Å². The van der Waals surface area contributed by atoms with E-state index < -0.39 is 23.4 Å². The molecule has 1 aliphatic heterocycles. The maximum Gasteiger partial charge on any atom is 0.331 e. The van der Waals surface area contributed by atoms with Crippen molar-refractivity contribution < 1.29 is 19.2 Å². The van der Waals surface area contributed by atoms with Gasteiger partial charge in [-0.25, -0.2) is 9.80 Å². The van der Waals surface area contributed by atoms with Gasteiger partial charge < -0.3 is 4.74 Å². The van der Waals surface area contributed by atoms with Crippen molar-refractivity contribution in [2.75, 3.05) is 13.2 Å². The summed E-state index contributed by atoms with van der Waals surface area (Å²) in [5.74, 6) is -1.13. The largest absolute Gasteiger partial charge is 0.452 e. The third kappa shape index (κ3) is 4.88. The van der Waals surface area contributed by atoms with Crippen LogP contribution in [0.15, 0.2) is 65.8 Å². The van der Waals surface area contributed by atoms with E-state index in [1.54, 1.807) is 6.07 Å². The number of nitrogens with zero attached hydrogens (tertiary/aromatic N) is 3. The molecule has 0 aromatic heterocycles. The zero-order valence-electron chi connectivity index (χ0n) is 14.9. The van der Waals surface area contributed by atoms with Gasteiger partial charge in [0.25, 0.3) is 11.6 Å². The van der Waals surface area contributed by atoms with Crippen LogP contribution in [0.5, 0.6) is 0 Å². The Morgan fingerprint density at radius 1 is 1.18 bits per heavy atom. The molecule has 28 heavy (non-hydrogen) atoms. The van der Waals surface area contributed by atoms with E-state index in [9.17, 15) is 19.7 Å². The Morgan fingerprint density at radius 2 is 1.96 bits per heavy atom. The van der Waals surface area contributed by atoms with E-state index in [1.165, 1.54) is 29.3 Å². The second kappa shape index (κ2) is 8.72. The Hall–Kier alpha value is -3.81. The minimum atomic E-state index is -0.716. The molecule has 0 aliphatic carbocycles. The fourth-order valence-electron chi connectivity index (χ4n) is 2.63. The Bertz CT molecular complexity index is 953. The molecule has 8 heteroatoms. The summed E-state index contributed by atoms with van der Waals surface area (Å²) >= 11 is 0. The number of carbonyl (C=O) groups excluding carboxylic acids is 2. The second-order valence-corrected chi connectivity index (χ2v) is 5.97. The summed E-state index contributed by atoms with van der Waals surface area (Å²) in [5.41, 5.74) is 2.17. The number of ether oxygens (including phenoxy) is 1. The van der Waals surface area contributed by atoms with Crippen molar-refractivity contribution in [3.63, 3.8) is 0 Å². The summed E-state index contributed by atoms with van der Waals surface area (Å²) in [5, 5.41) is 16.3. The first-order chi connectivity index (χ1) is 13.5. The van der Waals surface area contributed by atoms with Crippen LogP contribution in [-0.2, 0) is 14.3 Å². The average Bonchev–Trinajstić information content (AvgIpc) is 3.22. The summed E-state index contributed by atoms with van der Waals surface area (Å²) in [7, 11) is 0. The van der Waals surface area contributed by atoms with E-state index in [4.69, 9.17) is 4.74 Å². The number of benzene rings is 2. The molecule has 1 aliphatic rings. The van der Waals surface area contributed by atoms with E-state index in [0.29, 0.717) is 18.5 Å². The molecule has 0 saturated carbocycles. The Morgan fingerprint density at radius 3 is 2.71 bits per heavy atom. The normalized spacial score (nSPS) is 13.4. The highest BCUT2D eigenvalue weighted by molar-refractivity contribution is 6.02. The van der Waals surface area contributed by atoms with E-state index in [1.807, 2.05) is 30.3 Å². The van der Waals surface area contributed by atoms with Crippen LogP contribution in [0.1, 0.15) is 17.5 Å². The van der Waals surface area contributed by atoms with Crippen LogP contribution in [0, 0.1) is 10.1 Å². The number of hydrazone groups is 1. The molecule has 0 N–H and O–H groups in total.